The number of nitrogens with two attached hydrogens (primary N) is 1. The van der Waals surface area contributed by atoms with Crippen molar-refractivity contribution >= 4 is 11.8 Å². The Kier molecular flexibility index (Phi) is 9.09. The highest BCUT2D eigenvalue weighted by atomic mass is 14.6. The lowest BCUT2D eigenvalue weighted by atomic mass is 9.86. The molecule has 0 atom stereocenters. The molecule has 0 spiro atoms. The summed E-state index contributed by atoms with van der Waals surface area (Å²) >= 11 is 0. The van der Waals surface area contributed by atoms with E-state index in [4.69, 9.17) is 5.73 Å². The van der Waals surface area contributed by atoms with Crippen molar-refractivity contribution in [1.82, 2.24) is 0 Å². The van der Waals surface area contributed by atoms with Gasteiger partial charge in [-0.05, 0) is 101 Å². The highest BCUT2D eigenvalue weighted by Gasteiger charge is 2.14. The van der Waals surface area contributed by atoms with Crippen LogP contribution in [-0.4, -0.2) is 0 Å². The molecule has 0 unspecified atom stereocenters. The Bertz CT molecular complexity index is 1280. The van der Waals surface area contributed by atoms with Crippen molar-refractivity contribution in [2.75, 3.05) is 0 Å². The molecular formula is C34H39N. The van der Waals surface area contributed by atoms with Gasteiger partial charge in [-0.25, -0.2) is 0 Å². The van der Waals surface area contributed by atoms with E-state index in [0.29, 0.717) is 0 Å². The van der Waals surface area contributed by atoms with E-state index in [0.717, 1.165) is 30.5 Å². The van der Waals surface area contributed by atoms with E-state index in [-0.39, 0.29) is 0 Å². The molecule has 2 N–H and O–H groups in total. The summed E-state index contributed by atoms with van der Waals surface area (Å²) < 4.78 is 0. The van der Waals surface area contributed by atoms with Crippen molar-refractivity contribution in [3.05, 3.63) is 119 Å². The van der Waals surface area contributed by atoms with Crippen molar-refractivity contribution in [3.8, 4) is 22.3 Å². The summed E-state index contributed by atoms with van der Waals surface area (Å²) in [6.45, 7) is 14.8. The molecule has 180 valence electrons. The molecule has 0 aliphatic rings. The van der Waals surface area contributed by atoms with Crippen LogP contribution in [-0.2, 0) is 6.42 Å². The quantitative estimate of drug-likeness (QED) is 0.315. The monoisotopic (exact) mass is 461 g/mol. The van der Waals surface area contributed by atoms with Gasteiger partial charge in [-0.1, -0.05) is 100 Å². The Balaban J connectivity index is 2.15. The Labute approximate surface area is 212 Å². The lowest BCUT2D eigenvalue weighted by molar-refractivity contribution is 1.13. The lowest BCUT2D eigenvalue weighted by Gasteiger charge is -2.18. The molecule has 0 aliphatic heterocycles. The summed E-state index contributed by atoms with van der Waals surface area (Å²) in [5.74, 6) is 0. The van der Waals surface area contributed by atoms with Gasteiger partial charge in [0, 0.05) is 5.70 Å². The first kappa shape index (κ1) is 26.0. The molecule has 0 heterocycles. The van der Waals surface area contributed by atoms with Crippen molar-refractivity contribution in [1.29, 1.82) is 0 Å². The van der Waals surface area contributed by atoms with Gasteiger partial charge in [0.05, 0.1) is 0 Å². The average molecular weight is 462 g/mol. The molecule has 1 heteroatoms. The number of aryl methyl sites for hydroxylation is 3. The van der Waals surface area contributed by atoms with Crippen LogP contribution in [0.4, 0.5) is 0 Å². The number of hydrogen-bond acceptors (Lipinski definition) is 1. The normalized spacial score (nSPS) is 12.4. The molecule has 0 aromatic heterocycles. The van der Waals surface area contributed by atoms with Crippen molar-refractivity contribution < 1.29 is 0 Å². The molecule has 3 aromatic carbocycles. The Morgan fingerprint density at radius 2 is 1.69 bits per heavy atom. The summed E-state index contributed by atoms with van der Waals surface area (Å²) in [4.78, 5) is 0. The maximum atomic E-state index is 6.51. The third kappa shape index (κ3) is 6.11. The molecule has 0 radical (unpaired) electrons. The Hall–Kier alpha value is -3.58. The highest BCUT2D eigenvalue weighted by Crippen LogP contribution is 2.38. The van der Waals surface area contributed by atoms with Gasteiger partial charge in [0.25, 0.3) is 0 Å². The minimum Gasteiger partial charge on any atom is -0.398 e. The predicted molar refractivity (Wildman–Crippen MR) is 156 cm³/mol. The molecule has 3 rings (SSSR count). The van der Waals surface area contributed by atoms with Crippen LogP contribution >= 0.6 is 0 Å². The average Bonchev–Trinajstić information content (AvgIpc) is 2.88. The smallest absolute Gasteiger partial charge is 0.0387 e. The molecule has 1 nitrogen and oxygen atoms in total. The summed E-state index contributed by atoms with van der Waals surface area (Å²) in [6.07, 6.45) is 13.4. The van der Waals surface area contributed by atoms with Gasteiger partial charge in [-0.3, -0.25) is 0 Å². The Morgan fingerprint density at radius 3 is 2.37 bits per heavy atom. The molecule has 3 aromatic rings. The first-order valence-electron chi connectivity index (χ1n) is 12.7. The zero-order chi connectivity index (χ0) is 25.4. The summed E-state index contributed by atoms with van der Waals surface area (Å²) in [7, 11) is 0. The summed E-state index contributed by atoms with van der Waals surface area (Å²) in [5, 5.41) is 0. The highest BCUT2D eigenvalue weighted by molar-refractivity contribution is 5.88. The zero-order valence-electron chi connectivity index (χ0n) is 22.0. The van der Waals surface area contributed by atoms with E-state index in [1.54, 1.807) is 0 Å². The summed E-state index contributed by atoms with van der Waals surface area (Å²) in [6, 6.07) is 20.0. The second kappa shape index (κ2) is 12.2. The van der Waals surface area contributed by atoms with Crippen LogP contribution in [0.1, 0.15) is 61.4 Å². The second-order valence-corrected chi connectivity index (χ2v) is 9.03. The zero-order valence-corrected chi connectivity index (χ0v) is 22.0. The third-order valence-corrected chi connectivity index (χ3v) is 6.63. The molecule has 0 bridgehead atoms. The minimum atomic E-state index is 0.759. The van der Waals surface area contributed by atoms with Crippen molar-refractivity contribution in [3.63, 3.8) is 0 Å². The van der Waals surface area contributed by atoms with E-state index in [1.165, 1.54) is 50.1 Å². The lowest BCUT2D eigenvalue weighted by Crippen LogP contribution is -1.99. The van der Waals surface area contributed by atoms with Gasteiger partial charge in [0.2, 0.25) is 0 Å². The third-order valence-electron chi connectivity index (χ3n) is 6.63. The van der Waals surface area contributed by atoms with Gasteiger partial charge in [0.15, 0.2) is 0 Å². The van der Waals surface area contributed by atoms with Crippen molar-refractivity contribution in [2.45, 2.75) is 53.9 Å². The first-order valence-corrected chi connectivity index (χ1v) is 12.7. The fourth-order valence-corrected chi connectivity index (χ4v) is 4.45. The second-order valence-electron chi connectivity index (χ2n) is 9.03. The van der Waals surface area contributed by atoms with Crippen LogP contribution in [0.2, 0.25) is 0 Å². The van der Waals surface area contributed by atoms with Crippen molar-refractivity contribution in [2.24, 2.45) is 5.73 Å². The Morgan fingerprint density at radius 1 is 0.886 bits per heavy atom. The van der Waals surface area contributed by atoms with Gasteiger partial charge in [-0.2, -0.15) is 0 Å². The van der Waals surface area contributed by atoms with Crippen LogP contribution in [0, 0.1) is 13.8 Å². The molecule has 0 amide bonds. The fraction of sp³-hybridized carbons (Fsp3) is 0.235. The number of allylic oxidation sites excluding steroid dienone is 5. The first-order chi connectivity index (χ1) is 16.9. The van der Waals surface area contributed by atoms with Crippen LogP contribution < -0.4 is 5.73 Å². The molecular weight excluding hydrogens is 422 g/mol. The van der Waals surface area contributed by atoms with Crippen LogP contribution in [0.5, 0.6) is 0 Å². The molecule has 0 saturated heterocycles. The van der Waals surface area contributed by atoms with Crippen LogP contribution in [0.25, 0.3) is 34.0 Å². The number of benzene rings is 3. The fourth-order valence-electron chi connectivity index (χ4n) is 4.45. The van der Waals surface area contributed by atoms with Crippen LogP contribution in [0.15, 0.2) is 91.1 Å². The number of rotatable bonds is 9. The van der Waals surface area contributed by atoms with Gasteiger partial charge >= 0.3 is 0 Å². The standard InChI is InChI=1S/C34H39N/c1-7-11-14-28-19-20-29(22-27(28)10-4)31-15-12-13-25(6)34(31)32-23-30(18-16-24(32)5)33(35)21-17-26(8-2)9-3/h8,11-23H,2,7,9-10,35H2,1,3-6H3/b14-11-,26-17-,33-21-. The number of hydrogen-bond donors (Lipinski definition) is 1. The van der Waals surface area contributed by atoms with E-state index in [2.05, 4.69) is 114 Å². The van der Waals surface area contributed by atoms with E-state index < -0.39 is 0 Å². The molecule has 0 fully saturated rings. The maximum Gasteiger partial charge on any atom is 0.0387 e. The maximum absolute atomic E-state index is 6.51. The predicted octanol–water partition coefficient (Wildman–Crippen LogP) is 9.45. The summed E-state index contributed by atoms with van der Waals surface area (Å²) in [5.41, 5.74) is 19.7. The topological polar surface area (TPSA) is 26.0 Å². The SMILES string of the molecule is C=C/C(=C/C=C(\N)c1ccc(C)c(-c2c(C)cccc2-c2ccc(/C=C\CC)c(CC)c2)c1)CC. The van der Waals surface area contributed by atoms with E-state index in [1.807, 2.05) is 12.2 Å². The minimum absolute atomic E-state index is 0.759. The van der Waals surface area contributed by atoms with E-state index >= 15 is 0 Å². The van der Waals surface area contributed by atoms with Gasteiger partial charge in [0.1, 0.15) is 0 Å². The molecule has 0 aliphatic carbocycles. The van der Waals surface area contributed by atoms with Gasteiger partial charge in [-0.15, -0.1) is 0 Å². The molecule has 0 saturated carbocycles. The molecule has 35 heavy (non-hydrogen) atoms. The van der Waals surface area contributed by atoms with Gasteiger partial charge < -0.3 is 5.73 Å². The largest absolute Gasteiger partial charge is 0.398 e. The van der Waals surface area contributed by atoms with Crippen LogP contribution in [0.3, 0.4) is 0 Å². The van der Waals surface area contributed by atoms with E-state index in [9.17, 15) is 0 Å².